The van der Waals surface area contributed by atoms with E-state index >= 15 is 0 Å². The number of furan rings is 1. The van der Waals surface area contributed by atoms with Gasteiger partial charge in [0.15, 0.2) is 4.34 Å². The normalized spacial score (nSPS) is 12.0. The van der Waals surface area contributed by atoms with Crippen molar-refractivity contribution < 1.29 is 18.0 Å². The molecule has 2 heterocycles. The van der Waals surface area contributed by atoms with Gasteiger partial charge >= 0.3 is 0 Å². The van der Waals surface area contributed by atoms with Crippen LogP contribution in [-0.4, -0.2) is 21.4 Å². The van der Waals surface area contributed by atoms with Crippen molar-refractivity contribution in [2.24, 2.45) is 0 Å². The van der Waals surface area contributed by atoms with Crippen LogP contribution in [-0.2, 0) is 11.3 Å². The molecule has 0 radical (unpaired) electrons. The fraction of sp³-hybridized carbons (Fsp3) is 0.188. The van der Waals surface area contributed by atoms with Crippen LogP contribution in [0, 0.1) is 11.6 Å². The molecule has 0 saturated carbocycles. The summed E-state index contributed by atoms with van der Waals surface area (Å²) in [5, 5.41) is 13.6. The van der Waals surface area contributed by atoms with E-state index in [2.05, 4.69) is 20.8 Å². The van der Waals surface area contributed by atoms with Crippen LogP contribution < -0.4 is 10.6 Å². The number of rotatable bonds is 7. The van der Waals surface area contributed by atoms with E-state index < -0.39 is 22.8 Å². The number of anilines is 2. The van der Waals surface area contributed by atoms with Crippen LogP contribution in [0.5, 0.6) is 0 Å². The minimum absolute atomic E-state index is 0.0677. The highest BCUT2D eigenvalue weighted by atomic mass is 32.2. The first-order valence-electron chi connectivity index (χ1n) is 7.53. The van der Waals surface area contributed by atoms with Crippen molar-refractivity contribution >= 4 is 39.8 Å². The molecule has 3 rings (SSSR count). The monoisotopic (exact) mass is 396 g/mol. The Balaban J connectivity index is 1.53. The molecular formula is C16H14F2N4O2S2. The number of hydrogen-bond donors (Lipinski definition) is 2. The summed E-state index contributed by atoms with van der Waals surface area (Å²) in [5.41, 5.74) is -0.0677. The first kappa shape index (κ1) is 18.3. The van der Waals surface area contributed by atoms with Gasteiger partial charge in [-0.25, -0.2) is 8.78 Å². The van der Waals surface area contributed by atoms with E-state index in [4.69, 9.17) is 4.42 Å². The van der Waals surface area contributed by atoms with Crippen LogP contribution in [0.25, 0.3) is 0 Å². The Morgan fingerprint density at radius 2 is 2.19 bits per heavy atom. The summed E-state index contributed by atoms with van der Waals surface area (Å²) in [5.74, 6) is -1.17. The van der Waals surface area contributed by atoms with Crippen LogP contribution in [0.2, 0.25) is 0 Å². The zero-order chi connectivity index (χ0) is 18.5. The van der Waals surface area contributed by atoms with Gasteiger partial charge in [-0.05, 0) is 31.2 Å². The largest absolute Gasteiger partial charge is 0.467 e. The first-order chi connectivity index (χ1) is 12.5. The standard InChI is InChI=1S/C16H14F2N4O2S2/c1-9(14(23)20-13-5-4-10(17)7-12(13)18)25-16-22-21-15(26-16)19-8-11-3-2-6-24-11/h2-7,9H,8H2,1H3,(H,19,21)(H,20,23)/t9-/m0/s1. The number of nitrogens with one attached hydrogen (secondary N) is 2. The molecule has 136 valence electrons. The average Bonchev–Trinajstić information content (AvgIpc) is 3.27. The molecule has 3 aromatic rings. The third-order valence-corrected chi connectivity index (χ3v) is 5.30. The number of hydrogen-bond acceptors (Lipinski definition) is 7. The second-order valence-electron chi connectivity index (χ2n) is 5.18. The summed E-state index contributed by atoms with van der Waals surface area (Å²) in [6.07, 6.45) is 1.59. The van der Waals surface area contributed by atoms with Gasteiger partial charge in [-0.3, -0.25) is 4.79 Å². The van der Waals surface area contributed by atoms with E-state index in [9.17, 15) is 13.6 Å². The second-order valence-corrected chi connectivity index (χ2v) is 7.74. The van der Waals surface area contributed by atoms with Crippen LogP contribution >= 0.6 is 23.1 Å². The van der Waals surface area contributed by atoms with Gasteiger partial charge in [-0.1, -0.05) is 23.1 Å². The van der Waals surface area contributed by atoms with Gasteiger partial charge in [0.1, 0.15) is 17.4 Å². The molecule has 26 heavy (non-hydrogen) atoms. The van der Waals surface area contributed by atoms with Crippen molar-refractivity contribution in [1.29, 1.82) is 0 Å². The molecule has 10 heteroatoms. The van der Waals surface area contributed by atoms with Crippen molar-refractivity contribution in [3.05, 3.63) is 54.0 Å². The predicted molar refractivity (Wildman–Crippen MR) is 96.3 cm³/mol. The van der Waals surface area contributed by atoms with E-state index in [-0.39, 0.29) is 5.69 Å². The number of carbonyl (C=O) groups excluding carboxylic acids is 1. The summed E-state index contributed by atoms with van der Waals surface area (Å²) in [6.45, 7) is 2.14. The fourth-order valence-electron chi connectivity index (χ4n) is 1.93. The Bertz CT molecular complexity index is 886. The maximum atomic E-state index is 13.6. The summed E-state index contributed by atoms with van der Waals surface area (Å²) < 4.78 is 32.3. The number of thioether (sulfide) groups is 1. The minimum atomic E-state index is -0.823. The molecule has 0 spiro atoms. The number of benzene rings is 1. The molecule has 0 saturated heterocycles. The van der Waals surface area contributed by atoms with Gasteiger partial charge in [0.2, 0.25) is 11.0 Å². The Hall–Kier alpha value is -2.46. The molecule has 6 nitrogen and oxygen atoms in total. The fourth-order valence-corrected chi connectivity index (χ4v) is 3.83. The van der Waals surface area contributed by atoms with Crippen molar-refractivity contribution in [3.8, 4) is 0 Å². The van der Waals surface area contributed by atoms with Gasteiger partial charge in [0.25, 0.3) is 0 Å². The number of nitrogens with zero attached hydrogens (tertiary/aromatic N) is 2. The highest BCUT2D eigenvalue weighted by Crippen LogP contribution is 2.30. The summed E-state index contributed by atoms with van der Waals surface area (Å²) >= 11 is 2.49. The smallest absolute Gasteiger partial charge is 0.237 e. The van der Waals surface area contributed by atoms with Gasteiger partial charge in [-0.15, -0.1) is 10.2 Å². The van der Waals surface area contributed by atoms with Gasteiger partial charge in [0.05, 0.1) is 23.7 Å². The van der Waals surface area contributed by atoms with Gasteiger partial charge in [-0.2, -0.15) is 0 Å². The van der Waals surface area contributed by atoms with E-state index in [1.807, 2.05) is 6.07 Å². The van der Waals surface area contributed by atoms with Gasteiger partial charge < -0.3 is 15.1 Å². The topological polar surface area (TPSA) is 80.1 Å². The van der Waals surface area contributed by atoms with E-state index in [1.54, 1.807) is 19.3 Å². The Labute approximate surface area is 156 Å². The second kappa shape index (κ2) is 8.28. The highest BCUT2D eigenvalue weighted by Gasteiger charge is 2.18. The molecule has 0 aliphatic heterocycles. The third kappa shape index (κ3) is 4.79. The third-order valence-electron chi connectivity index (χ3n) is 3.24. The van der Waals surface area contributed by atoms with Crippen LogP contribution in [0.1, 0.15) is 12.7 Å². The lowest BCUT2D eigenvalue weighted by atomic mass is 10.3. The number of amides is 1. The van der Waals surface area contributed by atoms with Crippen LogP contribution in [0.4, 0.5) is 19.6 Å². The maximum Gasteiger partial charge on any atom is 0.237 e. The minimum Gasteiger partial charge on any atom is -0.467 e. The molecule has 2 aromatic heterocycles. The maximum absolute atomic E-state index is 13.6. The molecule has 0 aliphatic rings. The van der Waals surface area contributed by atoms with Crippen molar-refractivity contribution in [3.63, 3.8) is 0 Å². The van der Waals surface area contributed by atoms with Crippen LogP contribution in [0.15, 0.2) is 45.4 Å². The van der Waals surface area contributed by atoms with E-state index in [0.717, 1.165) is 17.9 Å². The molecular weight excluding hydrogens is 382 g/mol. The summed E-state index contributed by atoms with van der Waals surface area (Å²) in [6, 6.07) is 6.61. The molecule has 0 bridgehead atoms. The number of aromatic nitrogens is 2. The Kier molecular flexibility index (Phi) is 5.84. The summed E-state index contributed by atoms with van der Waals surface area (Å²) in [4.78, 5) is 12.2. The van der Waals surface area contributed by atoms with Crippen molar-refractivity contribution in [1.82, 2.24) is 10.2 Å². The molecule has 0 aliphatic carbocycles. The average molecular weight is 396 g/mol. The van der Waals surface area contributed by atoms with Gasteiger partial charge in [0, 0.05) is 6.07 Å². The lowest BCUT2D eigenvalue weighted by molar-refractivity contribution is -0.115. The first-order valence-corrected chi connectivity index (χ1v) is 9.23. The Morgan fingerprint density at radius 3 is 2.92 bits per heavy atom. The van der Waals surface area contributed by atoms with E-state index in [1.165, 1.54) is 29.2 Å². The zero-order valence-corrected chi connectivity index (χ0v) is 15.2. The SMILES string of the molecule is C[C@H](Sc1nnc(NCc2ccco2)s1)C(=O)Nc1ccc(F)cc1F. The summed E-state index contributed by atoms with van der Waals surface area (Å²) in [7, 11) is 0. The van der Waals surface area contributed by atoms with Crippen LogP contribution in [0.3, 0.4) is 0 Å². The molecule has 0 fully saturated rings. The number of carbonyl (C=O) groups is 1. The molecule has 2 N–H and O–H groups in total. The molecule has 0 unspecified atom stereocenters. The number of halogens is 2. The molecule has 1 atom stereocenters. The lowest BCUT2D eigenvalue weighted by Crippen LogP contribution is -2.22. The van der Waals surface area contributed by atoms with Crippen molar-refractivity contribution in [2.45, 2.75) is 23.1 Å². The Morgan fingerprint density at radius 1 is 1.35 bits per heavy atom. The van der Waals surface area contributed by atoms with Crippen molar-refractivity contribution in [2.75, 3.05) is 10.6 Å². The molecule has 1 aromatic carbocycles. The quantitative estimate of drug-likeness (QED) is 0.584. The highest BCUT2D eigenvalue weighted by molar-refractivity contribution is 8.02. The zero-order valence-electron chi connectivity index (χ0n) is 13.5. The van der Waals surface area contributed by atoms with E-state index in [0.29, 0.717) is 16.0 Å². The lowest BCUT2D eigenvalue weighted by Gasteiger charge is -2.10. The molecule has 1 amide bonds. The predicted octanol–water partition coefficient (Wildman–Crippen LogP) is 4.14.